The third-order valence-electron chi connectivity index (χ3n) is 3.95. The molecule has 1 N–H and O–H groups in total. The van der Waals surface area contributed by atoms with Crippen molar-refractivity contribution in [3.63, 3.8) is 0 Å². The molecule has 0 aromatic rings. The van der Waals surface area contributed by atoms with Crippen LogP contribution in [0.2, 0.25) is 18.1 Å². The van der Waals surface area contributed by atoms with E-state index in [-0.39, 0.29) is 5.04 Å². The second kappa shape index (κ2) is 6.95. The van der Waals surface area contributed by atoms with E-state index in [1.807, 2.05) is 0 Å². The van der Waals surface area contributed by atoms with Crippen LogP contribution in [-0.4, -0.2) is 19.1 Å². The van der Waals surface area contributed by atoms with E-state index in [1.54, 1.807) is 6.92 Å². The van der Waals surface area contributed by atoms with Crippen LogP contribution in [0, 0.1) is 11.5 Å². The van der Waals surface area contributed by atoms with Gasteiger partial charge in [0.05, 0.1) is 0 Å². The summed E-state index contributed by atoms with van der Waals surface area (Å²) in [5, 5.41) is 9.33. The Morgan fingerprint density at radius 1 is 1.26 bits per heavy atom. The molecule has 0 rings (SSSR count). The van der Waals surface area contributed by atoms with Crippen molar-refractivity contribution in [2.45, 2.75) is 72.0 Å². The van der Waals surface area contributed by atoms with Crippen molar-refractivity contribution in [1.29, 1.82) is 0 Å². The van der Waals surface area contributed by atoms with Crippen LogP contribution in [0.5, 0.6) is 0 Å². The highest BCUT2D eigenvalue weighted by molar-refractivity contribution is 6.87. The molecule has 0 atom stereocenters. The van der Waals surface area contributed by atoms with Crippen LogP contribution < -0.4 is 0 Å². The standard InChI is InChI=1S/C16H28O2Si/c1-8-9-10-14(13(2)15(17)18)11-12-19(6,7)16(3,4)5/h8-10H2,1-7H3,(H,17,18)/b14-13+. The van der Waals surface area contributed by atoms with Crippen molar-refractivity contribution in [1.82, 2.24) is 0 Å². The van der Waals surface area contributed by atoms with Gasteiger partial charge in [-0.25, -0.2) is 4.79 Å². The molecule has 19 heavy (non-hydrogen) atoms. The minimum Gasteiger partial charge on any atom is -0.478 e. The van der Waals surface area contributed by atoms with E-state index in [4.69, 9.17) is 5.11 Å². The van der Waals surface area contributed by atoms with E-state index in [0.29, 0.717) is 5.57 Å². The second-order valence-electron chi connectivity index (χ2n) is 6.64. The van der Waals surface area contributed by atoms with Crippen molar-refractivity contribution in [2.75, 3.05) is 0 Å². The van der Waals surface area contributed by atoms with Crippen LogP contribution in [0.25, 0.3) is 0 Å². The Balaban J connectivity index is 5.38. The summed E-state index contributed by atoms with van der Waals surface area (Å²) in [7, 11) is -1.68. The van der Waals surface area contributed by atoms with Gasteiger partial charge < -0.3 is 5.11 Å². The number of carbonyl (C=O) groups is 1. The number of rotatable bonds is 4. The first-order chi connectivity index (χ1) is 8.53. The maximum absolute atomic E-state index is 11.1. The lowest BCUT2D eigenvalue weighted by molar-refractivity contribution is -0.132. The molecule has 0 bridgehead atoms. The van der Waals surface area contributed by atoms with Crippen LogP contribution in [0.3, 0.4) is 0 Å². The van der Waals surface area contributed by atoms with Gasteiger partial charge in [-0.05, 0) is 24.8 Å². The Labute approximate surface area is 119 Å². The predicted molar refractivity (Wildman–Crippen MR) is 84.8 cm³/mol. The maximum Gasteiger partial charge on any atom is 0.332 e. The fourth-order valence-electron chi connectivity index (χ4n) is 1.25. The molecule has 0 heterocycles. The van der Waals surface area contributed by atoms with Crippen LogP contribution in [0.4, 0.5) is 0 Å². The Hall–Kier alpha value is -1.01. The third kappa shape index (κ3) is 5.65. The molecule has 0 saturated carbocycles. The van der Waals surface area contributed by atoms with Gasteiger partial charge in [-0.3, -0.25) is 0 Å². The van der Waals surface area contributed by atoms with Crippen molar-refractivity contribution in [3.05, 3.63) is 11.1 Å². The molecular weight excluding hydrogens is 252 g/mol. The molecule has 2 nitrogen and oxygen atoms in total. The molecule has 0 spiro atoms. The molecule has 0 aromatic carbocycles. The molecule has 0 aromatic heterocycles. The van der Waals surface area contributed by atoms with Gasteiger partial charge in [-0.2, -0.15) is 0 Å². The van der Waals surface area contributed by atoms with Gasteiger partial charge >= 0.3 is 5.97 Å². The average Bonchev–Trinajstić information content (AvgIpc) is 2.26. The summed E-state index contributed by atoms with van der Waals surface area (Å²) < 4.78 is 0. The molecule has 0 aliphatic rings. The summed E-state index contributed by atoms with van der Waals surface area (Å²) in [4.78, 5) is 11.1. The first-order valence-electron chi connectivity index (χ1n) is 6.99. The van der Waals surface area contributed by atoms with Gasteiger partial charge in [0.15, 0.2) is 0 Å². The summed E-state index contributed by atoms with van der Waals surface area (Å²) in [6, 6.07) is 0. The number of carboxylic acids is 1. The summed E-state index contributed by atoms with van der Waals surface area (Å²) in [6.45, 7) is 14.9. The first-order valence-corrected chi connectivity index (χ1v) is 9.99. The van der Waals surface area contributed by atoms with Crippen molar-refractivity contribution < 1.29 is 9.90 Å². The fraction of sp³-hybridized carbons (Fsp3) is 0.688. The largest absolute Gasteiger partial charge is 0.478 e. The number of unbranched alkanes of at least 4 members (excludes halogenated alkanes) is 1. The molecule has 0 unspecified atom stereocenters. The Kier molecular flexibility index (Phi) is 6.58. The smallest absolute Gasteiger partial charge is 0.332 e. The topological polar surface area (TPSA) is 37.3 Å². The van der Waals surface area contributed by atoms with Crippen LogP contribution >= 0.6 is 0 Å². The number of carboxylic acid groups (broad SMARTS) is 1. The molecule has 3 heteroatoms. The highest BCUT2D eigenvalue weighted by Gasteiger charge is 2.33. The van der Waals surface area contributed by atoms with Crippen LogP contribution in [0.15, 0.2) is 11.1 Å². The monoisotopic (exact) mass is 280 g/mol. The highest BCUT2D eigenvalue weighted by Crippen LogP contribution is 2.35. The van der Waals surface area contributed by atoms with Crippen LogP contribution in [-0.2, 0) is 4.79 Å². The summed E-state index contributed by atoms with van der Waals surface area (Å²) in [5.41, 5.74) is 4.62. The number of hydrogen-bond acceptors (Lipinski definition) is 1. The zero-order valence-corrected chi connectivity index (χ0v) is 14.5. The van der Waals surface area contributed by atoms with Gasteiger partial charge in [0, 0.05) is 11.1 Å². The second-order valence-corrected chi connectivity index (χ2v) is 11.6. The highest BCUT2D eigenvalue weighted by atomic mass is 28.3. The quantitative estimate of drug-likeness (QED) is 0.463. The van der Waals surface area contributed by atoms with E-state index >= 15 is 0 Å². The van der Waals surface area contributed by atoms with Gasteiger partial charge in [0.2, 0.25) is 0 Å². The predicted octanol–water partition coefficient (Wildman–Crippen LogP) is 4.63. The van der Waals surface area contributed by atoms with Gasteiger partial charge in [0.25, 0.3) is 0 Å². The van der Waals surface area contributed by atoms with Crippen molar-refractivity contribution >= 4 is 14.0 Å². The Bertz CT molecular complexity index is 414. The van der Waals surface area contributed by atoms with Gasteiger partial charge in [-0.1, -0.05) is 53.1 Å². The molecule has 0 saturated heterocycles. The van der Waals surface area contributed by atoms with E-state index in [1.165, 1.54) is 0 Å². The van der Waals surface area contributed by atoms with Gasteiger partial charge in [-0.15, -0.1) is 5.54 Å². The Morgan fingerprint density at radius 3 is 2.16 bits per heavy atom. The van der Waals surface area contributed by atoms with E-state index in [9.17, 15) is 4.79 Å². The number of allylic oxidation sites excluding steroid dienone is 1. The normalized spacial score (nSPS) is 13.4. The van der Waals surface area contributed by atoms with E-state index in [2.05, 4.69) is 52.3 Å². The molecule has 0 aliphatic heterocycles. The lowest BCUT2D eigenvalue weighted by Crippen LogP contribution is -2.35. The van der Waals surface area contributed by atoms with E-state index < -0.39 is 14.0 Å². The number of hydrogen-bond donors (Lipinski definition) is 1. The summed E-state index contributed by atoms with van der Waals surface area (Å²) in [5.74, 6) is 2.34. The van der Waals surface area contributed by atoms with Crippen LogP contribution in [0.1, 0.15) is 53.9 Å². The van der Waals surface area contributed by atoms with Gasteiger partial charge in [0.1, 0.15) is 8.07 Å². The lowest BCUT2D eigenvalue weighted by Gasteiger charge is -2.31. The number of aliphatic carboxylic acids is 1. The minimum absolute atomic E-state index is 0.201. The van der Waals surface area contributed by atoms with Crippen molar-refractivity contribution in [2.24, 2.45) is 0 Å². The fourth-order valence-corrected chi connectivity index (χ4v) is 2.08. The zero-order chi connectivity index (χ0) is 15.3. The first kappa shape index (κ1) is 18.0. The molecule has 0 radical (unpaired) electrons. The molecule has 108 valence electrons. The molecule has 0 fully saturated rings. The molecular formula is C16H28O2Si. The summed E-state index contributed by atoms with van der Waals surface area (Å²) in [6.07, 6.45) is 2.82. The third-order valence-corrected chi connectivity index (χ3v) is 8.45. The maximum atomic E-state index is 11.1. The van der Waals surface area contributed by atoms with Crippen molar-refractivity contribution in [3.8, 4) is 11.5 Å². The zero-order valence-electron chi connectivity index (χ0n) is 13.5. The average molecular weight is 280 g/mol. The lowest BCUT2D eigenvalue weighted by atomic mass is 10.0. The molecule has 0 aliphatic carbocycles. The Morgan fingerprint density at radius 2 is 1.79 bits per heavy atom. The van der Waals surface area contributed by atoms with E-state index in [0.717, 1.165) is 24.8 Å². The molecule has 0 amide bonds. The minimum atomic E-state index is -1.68. The SMILES string of the molecule is CCCC/C(C#C[Si](C)(C)C(C)(C)C)=C(/C)C(=O)O. The summed E-state index contributed by atoms with van der Waals surface area (Å²) >= 11 is 0.